The lowest BCUT2D eigenvalue weighted by Crippen LogP contribution is -2.48. The predicted molar refractivity (Wildman–Crippen MR) is 74.1 cm³/mol. The maximum Gasteiger partial charge on any atom is 0.0861 e. The van der Waals surface area contributed by atoms with Crippen LogP contribution in [0.15, 0.2) is 24.3 Å². The molecule has 0 saturated carbocycles. The van der Waals surface area contributed by atoms with Crippen LogP contribution in [0.4, 0.5) is 0 Å². The third-order valence-corrected chi connectivity index (χ3v) is 4.00. The summed E-state index contributed by atoms with van der Waals surface area (Å²) in [6.45, 7) is 5.16. The first-order valence-electron chi connectivity index (χ1n) is 6.88. The molecule has 1 aliphatic heterocycles. The Kier molecular flexibility index (Phi) is 4.38. The molecular weight excluding hydrogens is 224 g/mol. The fourth-order valence-corrected chi connectivity index (χ4v) is 2.75. The Balaban J connectivity index is 2.20. The maximum absolute atomic E-state index is 5.99. The third kappa shape index (κ3) is 2.74. The van der Waals surface area contributed by atoms with Crippen LogP contribution in [0.1, 0.15) is 50.3 Å². The summed E-state index contributed by atoms with van der Waals surface area (Å²) in [5, 5.41) is 0. The van der Waals surface area contributed by atoms with E-state index in [0.717, 1.165) is 25.9 Å². The van der Waals surface area contributed by atoms with Crippen LogP contribution in [0.25, 0.3) is 0 Å². The van der Waals surface area contributed by atoms with E-state index in [1.165, 1.54) is 17.5 Å². The zero-order valence-corrected chi connectivity index (χ0v) is 11.4. The molecule has 3 nitrogen and oxygen atoms in total. The summed E-state index contributed by atoms with van der Waals surface area (Å²) in [4.78, 5) is 0. The Bertz CT molecular complexity index is 369. The SMILES string of the molecule is CCc1ccc(C(NN)C2(C)CCCCO2)cc1. The van der Waals surface area contributed by atoms with Gasteiger partial charge in [-0.25, -0.2) is 0 Å². The first kappa shape index (κ1) is 13.5. The Labute approximate surface area is 110 Å². The van der Waals surface area contributed by atoms with E-state index < -0.39 is 0 Å². The van der Waals surface area contributed by atoms with Crippen molar-refractivity contribution in [3.05, 3.63) is 35.4 Å². The molecule has 0 bridgehead atoms. The first-order chi connectivity index (χ1) is 8.69. The number of benzene rings is 1. The van der Waals surface area contributed by atoms with Gasteiger partial charge in [-0.2, -0.15) is 0 Å². The number of nitrogens with two attached hydrogens (primary N) is 1. The fourth-order valence-electron chi connectivity index (χ4n) is 2.75. The van der Waals surface area contributed by atoms with Crippen LogP contribution >= 0.6 is 0 Å². The number of aryl methyl sites for hydroxylation is 1. The maximum atomic E-state index is 5.99. The average molecular weight is 248 g/mol. The lowest BCUT2D eigenvalue weighted by Gasteiger charge is -2.40. The van der Waals surface area contributed by atoms with Gasteiger partial charge in [0.2, 0.25) is 0 Å². The highest BCUT2D eigenvalue weighted by molar-refractivity contribution is 5.27. The molecule has 0 radical (unpaired) electrons. The molecule has 0 aromatic heterocycles. The van der Waals surface area contributed by atoms with E-state index in [1.54, 1.807) is 0 Å². The van der Waals surface area contributed by atoms with Gasteiger partial charge in [-0.1, -0.05) is 31.2 Å². The number of ether oxygens (including phenoxy) is 1. The standard InChI is InChI=1S/C15H24N2O/c1-3-12-6-8-13(9-7-12)14(17-16)15(2)10-4-5-11-18-15/h6-9,14,17H,3-5,10-11,16H2,1-2H3. The first-order valence-corrected chi connectivity index (χ1v) is 6.88. The molecule has 2 unspecified atom stereocenters. The summed E-state index contributed by atoms with van der Waals surface area (Å²) >= 11 is 0. The van der Waals surface area contributed by atoms with E-state index in [4.69, 9.17) is 10.6 Å². The monoisotopic (exact) mass is 248 g/mol. The summed E-state index contributed by atoms with van der Waals surface area (Å²) in [5.41, 5.74) is 5.31. The van der Waals surface area contributed by atoms with Crippen LogP contribution in [0.2, 0.25) is 0 Å². The Hall–Kier alpha value is -0.900. The van der Waals surface area contributed by atoms with Gasteiger partial charge in [0.1, 0.15) is 0 Å². The second-order valence-corrected chi connectivity index (χ2v) is 5.31. The molecule has 100 valence electrons. The van der Waals surface area contributed by atoms with Crippen LogP contribution in [0.5, 0.6) is 0 Å². The molecule has 0 aliphatic carbocycles. The molecule has 2 rings (SSSR count). The summed E-state index contributed by atoms with van der Waals surface area (Å²) in [7, 11) is 0. The van der Waals surface area contributed by atoms with Crippen LogP contribution in [0.3, 0.4) is 0 Å². The quantitative estimate of drug-likeness (QED) is 0.636. The van der Waals surface area contributed by atoms with Gasteiger partial charge in [-0.05, 0) is 43.7 Å². The molecular formula is C15H24N2O. The summed E-state index contributed by atoms with van der Waals surface area (Å²) in [5.74, 6) is 5.76. The van der Waals surface area contributed by atoms with Crippen molar-refractivity contribution in [3.8, 4) is 0 Å². The van der Waals surface area contributed by atoms with Crippen molar-refractivity contribution in [2.45, 2.75) is 51.2 Å². The van der Waals surface area contributed by atoms with E-state index in [1.807, 2.05) is 0 Å². The largest absolute Gasteiger partial charge is 0.373 e. The molecule has 1 aliphatic rings. The van der Waals surface area contributed by atoms with Crippen molar-refractivity contribution in [2.24, 2.45) is 5.84 Å². The van der Waals surface area contributed by atoms with Crippen LogP contribution < -0.4 is 11.3 Å². The lowest BCUT2D eigenvalue weighted by molar-refractivity contribution is -0.0898. The van der Waals surface area contributed by atoms with Crippen molar-refractivity contribution in [3.63, 3.8) is 0 Å². The third-order valence-electron chi connectivity index (χ3n) is 4.00. The molecule has 3 heteroatoms. The molecule has 3 N–H and O–H groups in total. The zero-order valence-electron chi connectivity index (χ0n) is 11.4. The van der Waals surface area contributed by atoms with Crippen molar-refractivity contribution in [1.82, 2.24) is 5.43 Å². The van der Waals surface area contributed by atoms with E-state index >= 15 is 0 Å². The van der Waals surface area contributed by atoms with Crippen molar-refractivity contribution >= 4 is 0 Å². The van der Waals surface area contributed by atoms with Gasteiger partial charge in [-0.3, -0.25) is 11.3 Å². The Morgan fingerprint density at radius 2 is 2.06 bits per heavy atom. The van der Waals surface area contributed by atoms with E-state index in [2.05, 4.69) is 43.5 Å². The zero-order chi connectivity index (χ0) is 13.0. The van der Waals surface area contributed by atoms with Crippen molar-refractivity contribution in [1.29, 1.82) is 0 Å². The number of nitrogens with one attached hydrogen (secondary N) is 1. The fraction of sp³-hybridized carbons (Fsp3) is 0.600. The molecule has 1 fully saturated rings. The van der Waals surface area contributed by atoms with E-state index in [0.29, 0.717) is 0 Å². The van der Waals surface area contributed by atoms with Crippen molar-refractivity contribution in [2.75, 3.05) is 6.61 Å². The molecule has 1 aromatic carbocycles. The smallest absolute Gasteiger partial charge is 0.0861 e. The second-order valence-electron chi connectivity index (χ2n) is 5.31. The number of hydrogen-bond acceptors (Lipinski definition) is 3. The highest BCUT2D eigenvalue weighted by Gasteiger charge is 2.37. The van der Waals surface area contributed by atoms with Gasteiger partial charge in [-0.15, -0.1) is 0 Å². The van der Waals surface area contributed by atoms with Crippen LogP contribution in [-0.4, -0.2) is 12.2 Å². The normalized spacial score (nSPS) is 25.9. The molecule has 1 saturated heterocycles. The molecule has 0 spiro atoms. The average Bonchev–Trinajstić information content (AvgIpc) is 2.41. The number of hydrogen-bond donors (Lipinski definition) is 2. The topological polar surface area (TPSA) is 47.3 Å². The minimum Gasteiger partial charge on any atom is -0.373 e. The molecule has 1 heterocycles. The van der Waals surface area contributed by atoms with E-state index in [9.17, 15) is 0 Å². The van der Waals surface area contributed by atoms with Gasteiger partial charge in [0.25, 0.3) is 0 Å². The molecule has 1 aromatic rings. The van der Waals surface area contributed by atoms with E-state index in [-0.39, 0.29) is 11.6 Å². The van der Waals surface area contributed by atoms with Gasteiger partial charge in [0, 0.05) is 6.61 Å². The summed E-state index contributed by atoms with van der Waals surface area (Å²) in [6, 6.07) is 8.72. The van der Waals surface area contributed by atoms with Crippen molar-refractivity contribution < 1.29 is 4.74 Å². The minimum atomic E-state index is -0.194. The Morgan fingerprint density at radius 3 is 2.56 bits per heavy atom. The van der Waals surface area contributed by atoms with Crippen LogP contribution in [0, 0.1) is 0 Å². The Morgan fingerprint density at radius 1 is 1.33 bits per heavy atom. The highest BCUT2D eigenvalue weighted by atomic mass is 16.5. The predicted octanol–water partition coefficient (Wildman–Crippen LogP) is 2.71. The molecule has 0 amide bonds. The summed E-state index contributed by atoms with van der Waals surface area (Å²) < 4.78 is 5.99. The molecule has 2 atom stereocenters. The molecule has 18 heavy (non-hydrogen) atoms. The second kappa shape index (κ2) is 5.83. The van der Waals surface area contributed by atoms with Gasteiger partial charge in [0.05, 0.1) is 11.6 Å². The van der Waals surface area contributed by atoms with Gasteiger partial charge >= 0.3 is 0 Å². The van der Waals surface area contributed by atoms with Gasteiger partial charge in [0.15, 0.2) is 0 Å². The van der Waals surface area contributed by atoms with Gasteiger partial charge < -0.3 is 4.74 Å². The lowest BCUT2D eigenvalue weighted by atomic mass is 9.84. The highest BCUT2D eigenvalue weighted by Crippen LogP contribution is 2.36. The van der Waals surface area contributed by atoms with Crippen LogP contribution in [-0.2, 0) is 11.2 Å². The minimum absolute atomic E-state index is 0.0590. The number of rotatable bonds is 4. The summed E-state index contributed by atoms with van der Waals surface area (Å²) in [6.07, 6.45) is 4.48. The number of hydrazine groups is 1.